The van der Waals surface area contributed by atoms with Crippen LogP contribution >= 0.6 is 0 Å². The van der Waals surface area contributed by atoms with Crippen LogP contribution in [0.15, 0.2) is 18.2 Å². The largest absolute Gasteiger partial charge is 0.495 e. The molecule has 106 valence electrons. The van der Waals surface area contributed by atoms with Crippen LogP contribution in [0.5, 0.6) is 5.75 Å². The molecule has 0 radical (unpaired) electrons. The molecule has 0 aliphatic heterocycles. The van der Waals surface area contributed by atoms with Crippen molar-refractivity contribution in [1.82, 2.24) is 0 Å². The van der Waals surface area contributed by atoms with Crippen molar-refractivity contribution in [2.75, 3.05) is 24.8 Å². The topological polar surface area (TPSA) is 38.5 Å². The molecule has 1 aliphatic carbocycles. The molecule has 1 saturated carbocycles. The quantitative estimate of drug-likeness (QED) is 0.844. The Bertz CT molecular complexity index is 432. The van der Waals surface area contributed by atoms with Crippen LogP contribution in [-0.4, -0.2) is 20.2 Å². The van der Waals surface area contributed by atoms with E-state index in [9.17, 15) is 0 Å². The zero-order valence-electron chi connectivity index (χ0n) is 12.6. The molecule has 0 saturated heterocycles. The first-order valence-electron chi connectivity index (χ1n) is 7.10. The first-order chi connectivity index (χ1) is 8.94. The predicted octanol–water partition coefficient (Wildman–Crippen LogP) is 3.68. The lowest BCUT2D eigenvalue weighted by Crippen LogP contribution is -2.37. The number of para-hydroxylation sites is 1. The highest BCUT2D eigenvalue weighted by molar-refractivity contribution is 5.74. The Kier molecular flexibility index (Phi) is 3.93. The zero-order valence-corrected chi connectivity index (χ0v) is 12.6. The van der Waals surface area contributed by atoms with Crippen LogP contribution in [0.25, 0.3) is 0 Å². The van der Waals surface area contributed by atoms with Gasteiger partial charge in [0.2, 0.25) is 0 Å². The van der Waals surface area contributed by atoms with Gasteiger partial charge < -0.3 is 15.4 Å². The fourth-order valence-corrected chi connectivity index (χ4v) is 2.99. The zero-order chi connectivity index (χ0) is 14.0. The number of hydrogen-bond acceptors (Lipinski definition) is 3. The second kappa shape index (κ2) is 5.32. The van der Waals surface area contributed by atoms with Crippen molar-refractivity contribution in [3.63, 3.8) is 0 Å². The SMILES string of the molecule is COc1cccc(N(C)C2CCC(C)(C)CC2)c1N. The molecular formula is C16H26N2O. The maximum absolute atomic E-state index is 6.19. The fraction of sp³-hybridized carbons (Fsp3) is 0.625. The molecule has 3 heteroatoms. The molecular weight excluding hydrogens is 236 g/mol. The minimum absolute atomic E-state index is 0.497. The lowest BCUT2D eigenvalue weighted by atomic mass is 9.75. The lowest BCUT2D eigenvalue weighted by molar-refractivity contribution is 0.222. The van der Waals surface area contributed by atoms with E-state index in [0.29, 0.717) is 11.5 Å². The third-order valence-electron chi connectivity index (χ3n) is 4.50. The second-order valence-electron chi connectivity index (χ2n) is 6.40. The summed E-state index contributed by atoms with van der Waals surface area (Å²) in [5.41, 5.74) is 8.52. The van der Waals surface area contributed by atoms with E-state index in [4.69, 9.17) is 10.5 Å². The average Bonchev–Trinajstić information content (AvgIpc) is 2.38. The molecule has 0 unspecified atom stereocenters. The number of anilines is 2. The molecule has 1 aromatic rings. The number of nitrogen functional groups attached to an aromatic ring is 1. The normalized spacial score (nSPS) is 19.2. The van der Waals surface area contributed by atoms with Crippen LogP contribution in [0.3, 0.4) is 0 Å². The van der Waals surface area contributed by atoms with Crippen LogP contribution in [0.2, 0.25) is 0 Å². The van der Waals surface area contributed by atoms with Gasteiger partial charge >= 0.3 is 0 Å². The summed E-state index contributed by atoms with van der Waals surface area (Å²) < 4.78 is 5.30. The Labute approximate surface area is 116 Å². The fourth-order valence-electron chi connectivity index (χ4n) is 2.99. The van der Waals surface area contributed by atoms with Gasteiger partial charge in [-0.25, -0.2) is 0 Å². The van der Waals surface area contributed by atoms with E-state index in [-0.39, 0.29) is 0 Å². The molecule has 0 aromatic heterocycles. The Morgan fingerprint density at radius 3 is 2.47 bits per heavy atom. The van der Waals surface area contributed by atoms with Crippen LogP contribution in [0.4, 0.5) is 11.4 Å². The molecule has 0 heterocycles. The molecule has 3 nitrogen and oxygen atoms in total. The molecule has 1 aliphatic rings. The van der Waals surface area contributed by atoms with Crippen molar-refractivity contribution >= 4 is 11.4 Å². The third kappa shape index (κ3) is 2.96. The van der Waals surface area contributed by atoms with Crippen LogP contribution in [0.1, 0.15) is 39.5 Å². The van der Waals surface area contributed by atoms with Gasteiger partial charge in [-0.1, -0.05) is 19.9 Å². The first-order valence-corrected chi connectivity index (χ1v) is 7.10. The molecule has 0 atom stereocenters. The van der Waals surface area contributed by atoms with Gasteiger partial charge in [0.25, 0.3) is 0 Å². The molecule has 2 N–H and O–H groups in total. The van der Waals surface area contributed by atoms with Crippen molar-refractivity contribution in [3.8, 4) is 5.75 Å². The Morgan fingerprint density at radius 1 is 1.26 bits per heavy atom. The van der Waals surface area contributed by atoms with Crippen molar-refractivity contribution in [2.45, 2.75) is 45.6 Å². The predicted molar refractivity (Wildman–Crippen MR) is 81.8 cm³/mol. The van der Waals surface area contributed by atoms with Gasteiger partial charge in [0.05, 0.1) is 18.5 Å². The molecule has 0 bridgehead atoms. The van der Waals surface area contributed by atoms with E-state index < -0.39 is 0 Å². The van der Waals surface area contributed by atoms with E-state index in [0.717, 1.165) is 17.1 Å². The molecule has 2 rings (SSSR count). The summed E-state index contributed by atoms with van der Waals surface area (Å²) in [6.45, 7) is 4.73. The lowest BCUT2D eigenvalue weighted by Gasteiger charge is -2.40. The van der Waals surface area contributed by atoms with E-state index in [1.807, 2.05) is 12.1 Å². The van der Waals surface area contributed by atoms with Crippen molar-refractivity contribution in [2.24, 2.45) is 5.41 Å². The smallest absolute Gasteiger partial charge is 0.143 e. The Morgan fingerprint density at radius 2 is 1.89 bits per heavy atom. The number of rotatable bonds is 3. The standard InChI is InChI=1S/C16H26N2O/c1-16(2)10-8-12(9-11-16)18(3)13-6-5-7-14(19-4)15(13)17/h5-7,12H,8-11,17H2,1-4H3. The van der Waals surface area contributed by atoms with Gasteiger partial charge in [-0.05, 0) is 43.2 Å². The summed E-state index contributed by atoms with van der Waals surface area (Å²) in [5, 5.41) is 0. The van der Waals surface area contributed by atoms with Crippen molar-refractivity contribution < 1.29 is 4.74 Å². The van der Waals surface area contributed by atoms with Crippen LogP contribution in [-0.2, 0) is 0 Å². The average molecular weight is 262 g/mol. The number of methoxy groups -OCH3 is 1. The number of hydrogen-bond donors (Lipinski definition) is 1. The van der Waals surface area contributed by atoms with Gasteiger partial charge in [0, 0.05) is 13.1 Å². The Balaban J connectivity index is 2.14. The summed E-state index contributed by atoms with van der Waals surface area (Å²) in [4.78, 5) is 2.33. The monoisotopic (exact) mass is 262 g/mol. The summed E-state index contributed by atoms with van der Waals surface area (Å²) in [6.07, 6.45) is 5.04. The van der Waals surface area contributed by atoms with Gasteiger partial charge in [-0.3, -0.25) is 0 Å². The van der Waals surface area contributed by atoms with Crippen molar-refractivity contribution in [3.05, 3.63) is 18.2 Å². The highest BCUT2D eigenvalue weighted by atomic mass is 16.5. The first kappa shape index (κ1) is 14.0. The molecule has 0 spiro atoms. The van der Waals surface area contributed by atoms with Crippen LogP contribution in [0, 0.1) is 5.41 Å². The third-order valence-corrected chi connectivity index (χ3v) is 4.50. The van der Waals surface area contributed by atoms with Crippen molar-refractivity contribution in [1.29, 1.82) is 0 Å². The summed E-state index contributed by atoms with van der Waals surface area (Å²) in [7, 11) is 3.81. The number of ether oxygens (including phenoxy) is 1. The number of nitrogens with zero attached hydrogens (tertiary/aromatic N) is 1. The highest BCUT2D eigenvalue weighted by Gasteiger charge is 2.29. The molecule has 1 aromatic carbocycles. The van der Waals surface area contributed by atoms with E-state index in [1.54, 1.807) is 7.11 Å². The summed E-state index contributed by atoms with van der Waals surface area (Å²) >= 11 is 0. The number of nitrogens with two attached hydrogens (primary N) is 1. The molecule has 19 heavy (non-hydrogen) atoms. The Hall–Kier alpha value is -1.38. The minimum atomic E-state index is 0.497. The van der Waals surface area contributed by atoms with Gasteiger partial charge in [0.15, 0.2) is 0 Å². The van der Waals surface area contributed by atoms with Gasteiger partial charge in [-0.15, -0.1) is 0 Å². The van der Waals surface area contributed by atoms with Gasteiger partial charge in [0.1, 0.15) is 5.75 Å². The number of benzene rings is 1. The van der Waals surface area contributed by atoms with E-state index in [1.165, 1.54) is 25.7 Å². The minimum Gasteiger partial charge on any atom is -0.495 e. The second-order valence-corrected chi connectivity index (χ2v) is 6.40. The van der Waals surface area contributed by atoms with E-state index in [2.05, 4.69) is 31.9 Å². The van der Waals surface area contributed by atoms with Crippen LogP contribution < -0.4 is 15.4 Å². The van der Waals surface area contributed by atoms with Gasteiger partial charge in [-0.2, -0.15) is 0 Å². The highest BCUT2D eigenvalue weighted by Crippen LogP contribution is 2.40. The molecule has 0 amide bonds. The summed E-state index contributed by atoms with van der Waals surface area (Å²) in [5.74, 6) is 0.764. The maximum atomic E-state index is 6.19. The van der Waals surface area contributed by atoms with E-state index >= 15 is 0 Å². The summed E-state index contributed by atoms with van der Waals surface area (Å²) in [6, 6.07) is 6.59. The maximum Gasteiger partial charge on any atom is 0.143 e. The molecule has 1 fully saturated rings.